The Kier molecular flexibility index (Phi) is 6.50. The topological polar surface area (TPSA) is 121 Å². The number of rotatable bonds is 7. The summed E-state index contributed by atoms with van der Waals surface area (Å²) in [5.74, 6) is -1.44. The molecule has 114 valence electrons. The maximum Gasteiger partial charge on any atom is 0.279 e. The van der Waals surface area contributed by atoms with Crippen LogP contribution in [0.1, 0.15) is 13.8 Å². The molecule has 3 N–H and O–H groups in total. The van der Waals surface area contributed by atoms with E-state index in [1.54, 1.807) is 6.92 Å². The molecule has 0 saturated carbocycles. The number of hydrogen-bond acceptors (Lipinski definition) is 6. The molecule has 0 aromatic heterocycles. The van der Waals surface area contributed by atoms with E-state index in [4.69, 9.17) is 9.29 Å². The van der Waals surface area contributed by atoms with E-state index in [2.05, 4.69) is 15.0 Å². The lowest BCUT2D eigenvalue weighted by molar-refractivity contribution is -0.116. The molecule has 0 radical (unpaired) electrons. The average Bonchev–Trinajstić information content (AvgIpc) is 2.43. The lowest BCUT2D eigenvalue weighted by Gasteiger charge is -2.04. The monoisotopic (exact) mass is 313 g/mol. The summed E-state index contributed by atoms with van der Waals surface area (Å²) in [6.07, 6.45) is 0. The van der Waals surface area contributed by atoms with Crippen molar-refractivity contribution in [1.82, 2.24) is 0 Å². The Morgan fingerprint density at radius 2 is 2.00 bits per heavy atom. The normalized spacial score (nSPS) is 13.7. The highest BCUT2D eigenvalue weighted by atomic mass is 32.2. The van der Waals surface area contributed by atoms with Gasteiger partial charge in [-0.05, 0) is 31.2 Å². The van der Waals surface area contributed by atoms with Crippen LogP contribution in [0, 0.1) is 0 Å². The molecule has 0 aliphatic rings. The number of carbonyl (C=O) groups excluding carboxylic acids is 1. The molecule has 0 heterocycles. The lowest BCUT2D eigenvalue weighted by Crippen LogP contribution is -2.02. The highest BCUT2D eigenvalue weighted by Gasteiger charge is 2.11. The fourth-order valence-corrected chi connectivity index (χ4v) is 1.57. The summed E-state index contributed by atoms with van der Waals surface area (Å²) in [7, 11) is 0. The third-order valence-electron chi connectivity index (χ3n) is 2.15. The van der Waals surface area contributed by atoms with Crippen molar-refractivity contribution in [2.75, 3.05) is 11.3 Å². The first-order valence-electron chi connectivity index (χ1n) is 5.90. The largest absolute Gasteiger partial charge is 0.501 e. The summed E-state index contributed by atoms with van der Waals surface area (Å²) < 4.78 is 26.5. The highest BCUT2D eigenvalue weighted by molar-refractivity contribution is 7.80. The van der Waals surface area contributed by atoms with Gasteiger partial charge in [0.2, 0.25) is 5.76 Å². The number of carbonyl (C=O) groups is 1. The number of benzene rings is 1. The molecule has 1 aromatic carbocycles. The van der Waals surface area contributed by atoms with E-state index in [1.807, 2.05) is 0 Å². The van der Waals surface area contributed by atoms with Gasteiger partial charge in [0.25, 0.3) is 17.1 Å². The van der Waals surface area contributed by atoms with Crippen LogP contribution in [0.2, 0.25) is 0 Å². The fourth-order valence-electron chi connectivity index (χ4n) is 1.23. The molecule has 0 aliphatic heterocycles. The summed E-state index contributed by atoms with van der Waals surface area (Å²) in [6, 6.07) is 6.12. The second-order valence-corrected chi connectivity index (χ2v) is 4.44. The maximum absolute atomic E-state index is 11.1. The van der Waals surface area contributed by atoms with Gasteiger partial charge in [0, 0.05) is 12.6 Å². The fraction of sp³-hybridized carbons (Fsp3) is 0.250. The number of nitrogens with one attached hydrogen (secondary N) is 1. The molecule has 1 rings (SSSR count). The molecule has 0 saturated heterocycles. The Morgan fingerprint density at radius 3 is 2.48 bits per heavy atom. The van der Waals surface area contributed by atoms with Crippen LogP contribution in [0.4, 0.5) is 11.4 Å². The quantitative estimate of drug-likeness (QED) is 0.309. The first-order valence-corrected chi connectivity index (χ1v) is 7.01. The van der Waals surface area contributed by atoms with Crippen LogP contribution in [-0.2, 0) is 20.8 Å². The molecule has 0 spiro atoms. The molecule has 1 aromatic rings. The average molecular weight is 313 g/mol. The standard InChI is InChI=1S/C12H15N3O5S/c1-3-20-12(11(17)8(2)16)14-13-9-4-6-10(7-5-9)15-21(18)19/h4-7,15,17H,3H2,1-2H3,(H,18,19)/b12-11+,14-13?. The number of nitrogens with zero attached hydrogens (tertiary/aromatic N) is 2. The molecule has 0 fully saturated rings. The third-order valence-corrected chi connectivity index (χ3v) is 2.56. The van der Waals surface area contributed by atoms with Gasteiger partial charge in [-0.15, -0.1) is 10.2 Å². The summed E-state index contributed by atoms with van der Waals surface area (Å²) >= 11 is -2.15. The number of Topliss-reactive ketones (excluding diaryl/α,β-unsaturated/α-hetero) is 1. The van der Waals surface area contributed by atoms with E-state index in [-0.39, 0.29) is 12.5 Å². The van der Waals surface area contributed by atoms with Gasteiger partial charge < -0.3 is 9.84 Å². The van der Waals surface area contributed by atoms with E-state index < -0.39 is 22.8 Å². The number of ketones is 1. The van der Waals surface area contributed by atoms with Gasteiger partial charge in [-0.1, -0.05) is 0 Å². The van der Waals surface area contributed by atoms with Gasteiger partial charge in [-0.2, -0.15) is 0 Å². The number of allylic oxidation sites excluding steroid dienone is 1. The van der Waals surface area contributed by atoms with Crippen LogP contribution < -0.4 is 4.72 Å². The Hall–Kier alpha value is -2.26. The minimum Gasteiger partial charge on any atom is -0.501 e. The lowest BCUT2D eigenvalue weighted by atomic mass is 10.3. The molecule has 0 aliphatic carbocycles. The van der Waals surface area contributed by atoms with Crippen LogP contribution in [0.3, 0.4) is 0 Å². The molecular weight excluding hydrogens is 298 g/mol. The highest BCUT2D eigenvalue weighted by Crippen LogP contribution is 2.19. The zero-order chi connectivity index (χ0) is 15.8. The van der Waals surface area contributed by atoms with Crippen molar-refractivity contribution in [3.05, 3.63) is 35.9 Å². The van der Waals surface area contributed by atoms with Crippen molar-refractivity contribution in [3.8, 4) is 0 Å². The van der Waals surface area contributed by atoms with Crippen molar-refractivity contribution in [2.24, 2.45) is 10.2 Å². The molecule has 0 bridgehead atoms. The summed E-state index contributed by atoms with van der Waals surface area (Å²) in [6.45, 7) is 3.08. The van der Waals surface area contributed by atoms with Crippen LogP contribution in [0.25, 0.3) is 0 Å². The van der Waals surface area contributed by atoms with Crippen LogP contribution in [0.5, 0.6) is 0 Å². The maximum atomic E-state index is 11.1. The summed E-state index contributed by atoms with van der Waals surface area (Å²) in [5, 5.41) is 17.0. The minimum atomic E-state index is -2.15. The van der Waals surface area contributed by atoms with E-state index >= 15 is 0 Å². The number of aliphatic hydroxyl groups excluding tert-OH is 1. The second-order valence-electron chi connectivity index (χ2n) is 3.74. The Labute approximate surface area is 124 Å². The van der Waals surface area contributed by atoms with Crippen molar-refractivity contribution >= 4 is 28.4 Å². The van der Waals surface area contributed by atoms with E-state index in [9.17, 15) is 14.1 Å². The number of anilines is 1. The Bertz CT molecular complexity index is 583. The van der Waals surface area contributed by atoms with Crippen LogP contribution in [0.15, 0.2) is 46.1 Å². The third kappa shape index (κ3) is 5.71. The minimum absolute atomic E-state index is 0.219. The molecule has 8 nitrogen and oxygen atoms in total. The van der Waals surface area contributed by atoms with E-state index in [0.29, 0.717) is 11.4 Å². The number of ether oxygens (including phenoxy) is 1. The Morgan fingerprint density at radius 1 is 1.38 bits per heavy atom. The number of azo groups is 1. The van der Waals surface area contributed by atoms with Gasteiger partial charge in [0.05, 0.1) is 12.3 Å². The van der Waals surface area contributed by atoms with Gasteiger partial charge >= 0.3 is 0 Å². The first kappa shape index (κ1) is 16.8. The summed E-state index contributed by atoms with van der Waals surface area (Å²) in [4.78, 5) is 11.1. The van der Waals surface area contributed by atoms with Gasteiger partial charge in [0.1, 0.15) is 0 Å². The zero-order valence-corrected chi connectivity index (χ0v) is 12.3. The van der Waals surface area contributed by atoms with Gasteiger partial charge in [-0.25, -0.2) is 4.21 Å². The number of aliphatic hydroxyl groups is 1. The molecule has 21 heavy (non-hydrogen) atoms. The number of hydrogen-bond donors (Lipinski definition) is 3. The van der Waals surface area contributed by atoms with E-state index in [1.165, 1.54) is 31.2 Å². The van der Waals surface area contributed by atoms with Gasteiger partial charge in [0.15, 0.2) is 5.78 Å². The molecular formula is C12H15N3O5S. The molecule has 0 amide bonds. The molecule has 1 atom stereocenters. The van der Waals surface area contributed by atoms with Crippen LogP contribution in [-0.4, -0.2) is 26.3 Å². The Balaban J connectivity index is 2.89. The van der Waals surface area contributed by atoms with Crippen molar-refractivity contribution < 1.29 is 23.4 Å². The van der Waals surface area contributed by atoms with Crippen molar-refractivity contribution in [2.45, 2.75) is 13.8 Å². The van der Waals surface area contributed by atoms with E-state index in [0.717, 1.165) is 0 Å². The van der Waals surface area contributed by atoms with Crippen molar-refractivity contribution in [1.29, 1.82) is 0 Å². The van der Waals surface area contributed by atoms with Crippen LogP contribution >= 0.6 is 0 Å². The predicted molar refractivity (Wildman–Crippen MR) is 77.3 cm³/mol. The van der Waals surface area contributed by atoms with Crippen molar-refractivity contribution in [3.63, 3.8) is 0 Å². The smallest absolute Gasteiger partial charge is 0.279 e. The van der Waals surface area contributed by atoms with Gasteiger partial charge in [-0.3, -0.25) is 14.1 Å². The first-order chi connectivity index (χ1) is 9.93. The SMILES string of the molecule is CCO/C(N=Nc1ccc(NS(=O)O)cc1)=C(/O)C(C)=O. The summed E-state index contributed by atoms with van der Waals surface area (Å²) in [5.41, 5.74) is 0.847. The molecule has 1 unspecified atom stereocenters. The zero-order valence-electron chi connectivity index (χ0n) is 11.4. The second kappa shape index (κ2) is 8.12. The predicted octanol–water partition coefficient (Wildman–Crippen LogP) is 2.67. The molecule has 9 heteroatoms.